The van der Waals surface area contributed by atoms with Crippen molar-refractivity contribution < 1.29 is 17.8 Å². The van der Waals surface area contributed by atoms with Crippen molar-refractivity contribution in [3.63, 3.8) is 0 Å². The molecule has 22 heavy (non-hydrogen) atoms. The lowest BCUT2D eigenvalue weighted by molar-refractivity contribution is 0.307. The highest BCUT2D eigenvalue weighted by molar-refractivity contribution is 7.87. The minimum absolute atomic E-state index is 0.0557. The zero-order valence-corrected chi connectivity index (χ0v) is 12.1. The molecule has 0 spiro atoms. The van der Waals surface area contributed by atoms with Crippen molar-refractivity contribution in [2.24, 2.45) is 0 Å². The maximum Gasteiger partial charge on any atom is 0.391 e. The summed E-state index contributed by atoms with van der Waals surface area (Å²) in [6.07, 6.45) is 0. The van der Waals surface area contributed by atoms with Crippen LogP contribution >= 0.6 is 0 Å². The lowest BCUT2D eigenvalue weighted by Gasteiger charge is -2.19. The first-order valence-electron chi connectivity index (χ1n) is 6.40. The summed E-state index contributed by atoms with van der Waals surface area (Å²) in [4.78, 5) is 9.47. The SMILES string of the molecule is O=S(=O)(O)N(Oc1ccc2ccccc2n1)c1ccccc1. The van der Waals surface area contributed by atoms with Gasteiger partial charge in [-0.15, -0.1) is 0 Å². The fourth-order valence-corrected chi connectivity index (χ4v) is 2.52. The largest absolute Gasteiger partial charge is 0.391 e. The number of fused-ring (bicyclic) bond motifs is 1. The van der Waals surface area contributed by atoms with E-state index in [0.29, 0.717) is 9.99 Å². The second kappa shape index (κ2) is 5.63. The molecule has 2 aromatic carbocycles. The third kappa shape index (κ3) is 3.00. The molecule has 3 aromatic rings. The number of nitrogens with zero attached hydrogens (tertiary/aromatic N) is 2. The topological polar surface area (TPSA) is 79.7 Å². The zero-order chi connectivity index (χ0) is 15.6. The van der Waals surface area contributed by atoms with Crippen molar-refractivity contribution in [1.29, 1.82) is 0 Å². The second-order valence-corrected chi connectivity index (χ2v) is 5.70. The summed E-state index contributed by atoms with van der Waals surface area (Å²) in [6.45, 7) is 0. The van der Waals surface area contributed by atoms with E-state index in [-0.39, 0.29) is 11.6 Å². The van der Waals surface area contributed by atoms with Crippen LogP contribution in [-0.2, 0) is 10.3 Å². The summed E-state index contributed by atoms with van der Waals surface area (Å²) >= 11 is 0. The van der Waals surface area contributed by atoms with Gasteiger partial charge in [-0.3, -0.25) is 4.55 Å². The van der Waals surface area contributed by atoms with Gasteiger partial charge in [0.15, 0.2) is 0 Å². The van der Waals surface area contributed by atoms with E-state index in [2.05, 4.69) is 4.98 Å². The molecule has 0 aliphatic heterocycles. The van der Waals surface area contributed by atoms with Crippen LogP contribution in [0.2, 0.25) is 0 Å². The van der Waals surface area contributed by atoms with Crippen molar-refractivity contribution in [2.75, 3.05) is 4.47 Å². The van der Waals surface area contributed by atoms with Crippen LogP contribution in [0, 0.1) is 0 Å². The Kier molecular flexibility index (Phi) is 3.66. The fraction of sp³-hybridized carbons (Fsp3) is 0. The van der Waals surface area contributed by atoms with E-state index >= 15 is 0 Å². The Hall–Kier alpha value is -2.64. The lowest BCUT2D eigenvalue weighted by Crippen LogP contribution is -2.33. The lowest BCUT2D eigenvalue weighted by atomic mass is 10.2. The van der Waals surface area contributed by atoms with Crippen molar-refractivity contribution in [1.82, 2.24) is 4.98 Å². The Morgan fingerprint density at radius 1 is 0.909 bits per heavy atom. The Morgan fingerprint density at radius 3 is 2.32 bits per heavy atom. The molecule has 0 aliphatic carbocycles. The molecule has 0 bridgehead atoms. The molecule has 0 amide bonds. The fourth-order valence-electron chi connectivity index (χ4n) is 1.97. The average Bonchev–Trinajstić information content (AvgIpc) is 2.52. The number of pyridine rings is 1. The van der Waals surface area contributed by atoms with Gasteiger partial charge in [0.05, 0.1) is 11.2 Å². The van der Waals surface area contributed by atoms with E-state index < -0.39 is 10.3 Å². The number of anilines is 1. The Bertz CT molecular complexity index is 898. The van der Waals surface area contributed by atoms with Gasteiger partial charge < -0.3 is 4.84 Å². The molecule has 6 nitrogen and oxygen atoms in total. The molecule has 7 heteroatoms. The van der Waals surface area contributed by atoms with E-state index in [1.807, 2.05) is 18.2 Å². The predicted molar refractivity (Wildman–Crippen MR) is 82.8 cm³/mol. The monoisotopic (exact) mass is 316 g/mol. The number of para-hydroxylation sites is 2. The highest BCUT2D eigenvalue weighted by Crippen LogP contribution is 2.21. The van der Waals surface area contributed by atoms with Crippen LogP contribution in [0.25, 0.3) is 10.9 Å². The van der Waals surface area contributed by atoms with Gasteiger partial charge in [0, 0.05) is 11.5 Å². The number of benzene rings is 2. The summed E-state index contributed by atoms with van der Waals surface area (Å²) in [5.41, 5.74) is 0.823. The standard InChI is InChI=1S/C15H12N2O4S/c18-22(19,20)17(13-7-2-1-3-8-13)21-15-11-10-12-6-4-5-9-14(12)16-15/h1-11H,(H,18,19,20). The zero-order valence-electron chi connectivity index (χ0n) is 11.3. The van der Waals surface area contributed by atoms with Crippen molar-refractivity contribution in [3.05, 3.63) is 66.7 Å². The molecule has 0 fully saturated rings. The molecule has 1 heterocycles. The van der Waals surface area contributed by atoms with Gasteiger partial charge >= 0.3 is 10.3 Å². The number of aromatic nitrogens is 1. The van der Waals surface area contributed by atoms with Gasteiger partial charge in [-0.2, -0.15) is 8.42 Å². The average molecular weight is 316 g/mol. The van der Waals surface area contributed by atoms with Crippen molar-refractivity contribution >= 4 is 26.9 Å². The Morgan fingerprint density at radius 2 is 1.59 bits per heavy atom. The smallest absolute Gasteiger partial charge is 0.342 e. The normalized spacial score (nSPS) is 11.3. The maximum atomic E-state index is 11.5. The molecule has 0 atom stereocenters. The third-order valence-electron chi connectivity index (χ3n) is 2.93. The van der Waals surface area contributed by atoms with Crippen LogP contribution in [-0.4, -0.2) is 18.0 Å². The Balaban J connectivity index is 1.99. The van der Waals surface area contributed by atoms with Gasteiger partial charge in [-0.25, -0.2) is 4.98 Å². The highest BCUT2D eigenvalue weighted by atomic mass is 32.2. The minimum atomic E-state index is -4.60. The summed E-state index contributed by atoms with van der Waals surface area (Å²) < 4.78 is 32.8. The molecule has 0 saturated carbocycles. The molecule has 0 saturated heterocycles. The van der Waals surface area contributed by atoms with Crippen LogP contribution in [0.15, 0.2) is 66.7 Å². The molecular weight excluding hydrogens is 304 g/mol. The van der Waals surface area contributed by atoms with E-state index in [0.717, 1.165) is 5.39 Å². The third-order valence-corrected chi connectivity index (χ3v) is 3.63. The first-order valence-corrected chi connectivity index (χ1v) is 7.80. The molecule has 3 rings (SSSR count). The van der Waals surface area contributed by atoms with Crippen LogP contribution in [0.5, 0.6) is 5.88 Å². The van der Waals surface area contributed by atoms with E-state index in [4.69, 9.17) is 4.84 Å². The van der Waals surface area contributed by atoms with Crippen LogP contribution in [0.1, 0.15) is 0 Å². The molecule has 1 N–H and O–H groups in total. The summed E-state index contributed by atoms with van der Waals surface area (Å²) in [5, 5.41) is 0.896. The molecule has 0 unspecified atom stereocenters. The van der Waals surface area contributed by atoms with Crippen LogP contribution in [0.4, 0.5) is 5.69 Å². The van der Waals surface area contributed by atoms with Gasteiger partial charge in [-0.05, 0) is 24.3 Å². The predicted octanol–water partition coefficient (Wildman–Crippen LogP) is 2.84. The summed E-state index contributed by atoms with van der Waals surface area (Å²) in [5.74, 6) is 0.0557. The maximum absolute atomic E-state index is 11.5. The molecule has 0 aliphatic rings. The summed E-state index contributed by atoms with van der Waals surface area (Å²) in [6, 6.07) is 18.6. The van der Waals surface area contributed by atoms with Gasteiger partial charge in [0.25, 0.3) is 0 Å². The van der Waals surface area contributed by atoms with Gasteiger partial charge in [-0.1, -0.05) is 40.9 Å². The summed E-state index contributed by atoms with van der Waals surface area (Å²) in [7, 11) is -4.60. The molecule has 1 aromatic heterocycles. The van der Waals surface area contributed by atoms with Crippen LogP contribution < -0.4 is 9.31 Å². The van der Waals surface area contributed by atoms with E-state index in [9.17, 15) is 13.0 Å². The quantitative estimate of drug-likeness (QED) is 0.591. The van der Waals surface area contributed by atoms with Crippen molar-refractivity contribution in [2.45, 2.75) is 0 Å². The van der Waals surface area contributed by atoms with E-state index in [1.54, 1.807) is 30.3 Å². The number of hydrogen-bond donors (Lipinski definition) is 1. The van der Waals surface area contributed by atoms with E-state index in [1.165, 1.54) is 18.2 Å². The van der Waals surface area contributed by atoms with Gasteiger partial charge in [0.1, 0.15) is 0 Å². The molecule has 0 radical (unpaired) electrons. The van der Waals surface area contributed by atoms with Crippen molar-refractivity contribution in [3.8, 4) is 5.88 Å². The number of rotatable bonds is 4. The first kappa shape index (κ1) is 14.3. The Labute approximate surface area is 127 Å². The minimum Gasteiger partial charge on any atom is -0.342 e. The molecular formula is C15H12N2O4S. The number of hydrogen-bond acceptors (Lipinski definition) is 4. The molecule has 112 valence electrons. The van der Waals surface area contributed by atoms with Gasteiger partial charge in [0.2, 0.25) is 5.88 Å². The second-order valence-electron chi connectivity index (χ2n) is 4.47. The van der Waals surface area contributed by atoms with Crippen LogP contribution in [0.3, 0.4) is 0 Å². The highest BCUT2D eigenvalue weighted by Gasteiger charge is 2.22. The first-order chi connectivity index (χ1) is 10.5.